The first kappa shape index (κ1) is 33.3. The number of ether oxygens (including phenoxy) is 3. The summed E-state index contributed by atoms with van der Waals surface area (Å²) in [4.78, 5) is 35.0. The molecule has 0 bridgehead atoms. The highest BCUT2D eigenvalue weighted by Gasteiger charge is 2.37. The second-order valence-electron chi connectivity index (χ2n) is 11.5. The van der Waals surface area contributed by atoms with Crippen LogP contribution in [0.3, 0.4) is 0 Å². The maximum atomic E-state index is 13.9. The lowest BCUT2D eigenvalue weighted by atomic mass is 9.97. The van der Waals surface area contributed by atoms with E-state index in [0.29, 0.717) is 0 Å². The molecule has 0 spiro atoms. The molecule has 0 fully saturated rings. The van der Waals surface area contributed by atoms with E-state index >= 15 is 0 Å². The van der Waals surface area contributed by atoms with E-state index in [9.17, 15) is 31.2 Å². The van der Waals surface area contributed by atoms with Gasteiger partial charge in [0.1, 0.15) is 17.2 Å². The largest absolute Gasteiger partial charge is 0.427 e. The predicted octanol–water partition coefficient (Wildman–Crippen LogP) is 5.10. The van der Waals surface area contributed by atoms with Gasteiger partial charge < -0.3 is 14.2 Å². The molecule has 3 rings (SSSR count). The van der Waals surface area contributed by atoms with Crippen LogP contribution in [-0.4, -0.2) is 34.7 Å². The van der Waals surface area contributed by atoms with E-state index in [2.05, 4.69) is 0 Å². The Kier molecular flexibility index (Phi) is 9.42. The normalized spacial score (nSPS) is 12.3. The van der Waals surface area contributed by atoms with Crippen LogP contribution in [0.5, 0.6) is 17.2 Å². The fourth-order valence-electron chi connectivity index (χ4n) is 3.28. The minimum Gasteiger partial charge on any atom is -0.427 e. The number of carbonyl (C=O) groups is 3. The number of nitrogens with zero attached hydrogens (tertiary/aromatic N) is 1. The molecule has 11 nitrogen and oxygen atoms in total. The molecule has 0 aliphatic carbocycles. The summed E-state index contributed by atoms with van der Waals surface area (Å²) in [6, 6.07) is 14.3. The van der Waals surface area contributed by atoms with Gasteiger partial charge in [0, 0.05) is 6.92 Å². The monoisotopic (exact) mass is 631 g/mol. The number of carbonyl (C=O) groups excluding carboxylic acids is 3. The van der Waals surface area contributed by atoms with Crippen LogP contribution in [0.25, 0.3) is 0 Å². The first-order chi connectivity index (χ1) is 19.7. The average Bonchev–Trinajstić information content (AvgIpc) is 2.89. The fraction of sp³-hybridized carbons (Fsp3) is 0.300. The van der Waals surface area contributed by atoms with Crippen molar-refractivity contribution >= 4 is 43.6 Å². The van der Waals surface area contributed by atoms with Crippen LogP contribution in [0.4, 0.5) is 5.69 Å². The molecule has 0 heterocycles. The van der Waals surface area contributed by atoms with Crippen LogP contribution in [-0.2, 0) is 34.4 Å². The Morgan fingerprint density at radius 1 is 0.535 bits per heavy atom. The van der Waals surface area contributed by atoms with Crippen LogP contribution in [0.15, 0.2) is 82.6 Å². The van der Waals surface area contributed by atoms with Crippen LogP contribution >= 0.6 is 0 Å². The van der Waals surface area contributed by atoms with Gasteiger partial charge in [-0.25, -0.2) is 16.8 Å². The Morgan fingerprint density at radius 2 is 0.837 bits per heavy atom. The fourth-order valence-corrected chi connectivity index (χ4v) is 6.97. The van der Waals surface area contributed by atoms with Crippen LogP contribution in [0, 0.1) is 10.8 Å². The van der Waals surface area contributed by atoms with Crippen molar-refractivity contribution in [2.45, 2.75) is 58.3 Å². The summed E-state index contributed by atoms with van der Waals surface area (Å²) in [5.74, 6) is -1.50. The van der Waals surface area contributed by atoms with Gasteiger partial charge in [0.05, 0.1) is 26.3 Å². The molecule has 0 aromatic heterocycles. The van der Waals surface area contributed by atoms with Crippen molar-refractivity contribution in [1.82, 2.24) is 0 Å². The summed E-state index contributed by atoms with van der Waals surface area (Å²) in [7, 11) is -9.61. The van der Waals surface area contributed by atoms with Crippen molar-refractivity contribution in [2.24, 2.45) is 10.8 Å². The number of benzene rings is 3. The molecule has 3 aromatic rings. The summed E-state index contributed by atoms with van der Waals surface area (Å²) in [6.45, 7) is 11.1. The first-order valence-corrected chi connectivity index (χ1v) is 15.8. The summed E-state index contributed by atoms with van der Waals surface area (Å²) in [6.07, 6.45) is 0. The highest BCUT2D eigenvalue weighted by atomic mass is 32.3. The van der Waals surface area contributed by atoms with Gasteiger partial charge in [-0.2, -0.15) is 3.71 Å². The maximum absolute atomic E-state index is 13.9. The molecule has 0 saturated carbocycles. The molecule has 0 amide bonds. The van der Waals surface area contributed by atoms with E-state index in [1.54, 1.807) is 41.5 Å². The van der Waals surface area contributed by atoms with Gasteiger partial charge in [0.2, 0.25) is 0 Å². The summed E-state index contributed by atoms with van der Waals surface area (Å²) in [5.41, 5.74) is -1.90. The third kappa shape index (κ3) is 7.99. The van der Waals surface area contributed by atoms with Crippen LogP contribution in [0.2, 0.25) is 0 Å². The SMILES string of the molecule is CC(=O)Oc1ccc(N(S(=O)(=O)c2ccc(OC(=O)C(C)(C)C)cc2)S(=O)(=O)c2ccc(OC(=O)C(C)(C)C)cc2)cc1. The molecular formula is C30H33NO10S2. The van der Waals surface area contributed by atoms with E-state index in [4.69, 9.17) is 14.2 Å². The van der Waals surface area contributed by atoms with Crippen molar-refractivity contribution in [3.05, 3.63) is 72.8 Å². The number of anilines is 1. The van der Waals surface area contributed by atoms with Crippen molar-refractivity contribution in [3.63, 3.8) is 0 Å². The Morgan fingerprint density at radius 3 is 1.14 bits per heavy atom. The summed E-state index contributed by atoms with van der Waals surface area (Å²) >= 11 is 0. The van der Waals surface area contributed by atoms with E-state index in [-0.39, 0.29) is 26.6 Å². The summed E-state index contributed by atoms with van der Waals surface area (Å²) < 4.78 is 71.5. The van der Waals surface area contributed by atoms with Crippen molar-refractivity contribution in [1.29, 1.82) is 0 Å². The minimum atomic E-state index is -4.81. The zero-order chi connectivity index (χ0) is 32.4. The Hall–Kier alpha value is -4.23. The van der Waals surface area contributed by atoms with Gasteiger partial charge in [0.15, 0.2) is 0 Å². The topological polar surface area (TPSA) is 150 Å². The molecule has 0 radical (unpaired) electrons. The highest BCUT2D eigenvalue weighted by Crippen LogP contribution is 2.33. The van der Waals surface area contributed by atoms with Crippen molar-refractivity contribution in [3.8, 4) is 17.2 Å². The lowest BCUT2D eigenvalue weighted by Crippen LogP contribution is -2.37. The Labute approximate surface area is 251 Å². The zero-order valence-electron chi connectivity index (χ0n) is 24.8. The maximum Gasteiger partial charge on any atom is 0.316 e. The van der Waals surface area contributed by atoms with Gasteiger partial charge in [-0.15, -0.1) is 0 Å². The molecule has 0 saturated heterocycles. The number of hydrogen-bond donors (Lipinski definition) is 0. The second-order valence-corrected chi connectivity index (χ2v) is 15.3. The number of esters is 3. The first-order valence-electron chi connectivity index (χ1n) is 13.0. The van der Waals surface area contributed by atoms with Crippen LogP contribution in [0.1, 0.15) is 48.5 Å². The summed E-state index contributed by atoms with van der Waals surface area (Å²) in [5, 5.41) is 0. The van der Waals surface area contributed by atoms with Crippen molar-refractivity contribution < 1.29 is 45.4 Å². The molecule has 13 heteroatoms. The van der Waals surface area contributed by atoms with Gasteiger partial charge in [-0.05, 0) is 114 Å². The van der Waals surface area contributed by atoms with E-state index in [0.717, 1.165) is 24.3 Å². The standard InChI is InChI=1S/C30H33NO10S2/c1-20(32)39-22-10-8-21(9-11-22)31(42(35,36)25-16-12-23(13-17-25)40-27(33)29(2,3)4)43(37,38)26-18-14-24(15-19-26)41-28(34)30(5,6)7/h8-19H,1-7H3. The molecule has 43 heavy (non-hydrogen) atoms. The minimum absolute atomic E-state index is 0.0689. The number of sulfonamides is 2. The quantitative estimate of drug-likeness (QED) is 0.243. The van der Waals surface area contributed by atoms with Gasteiger partial charge in [-0.3, -0.25) is 14.4 Å². The average molecular weight is 632 g/mol. The van der Waals surface area contributed by atoms with Crippen LogP contribution < -0.4 is 17.9 Å². The highest BCUT2D eigenvalue weighted by molar-refractivity contribution is 8.10. The van der Waals surface area contributed by atoms with E-state index < -0.39 is 58.6 Å². The van der Waals surface area contributed by atoms with Gasteiger partial charge in [0.25, 0.3) is 20.0 Å². The molecular weight excluding hydrogens is 598 g/mol. The molecule has 0 atom stereocenters. The smallest absolute Gasteiger partial charge is 0.316 e. The Bertz CT molecular complexity index is 1610. The Balaban J connectivity index is 2.07. The second kappa shape index (κ2) is 12.2. The molecule has 0 N–H and O–H groups in total. The zero-order valence-corrected chi connectivity index (χ0v) is 26.4. The lowest BCUT2D eigenvalue weighted by molar-refractivity contribution is -0.143. The molecule has 0 unspecified atom stereocenters. The van der Waals surface area contributed by atoms with Gasteiger partial charge in [-0.1, -0.05) is 0 Å². The third-order valence-electron chi connectivity index (χ3n) is 5.63. The lowest BCUT2D eigenvalue weighted by Gasteiger charge is -2.24. The predicted molar refractivity (Wildman–Crippen MR) is 158 cm³/mol. The molecule has 0 aliphatic rings. The number of rotatable bonds is 8. The third-order valence-corrected chi connectivity index (χ3v) is 9.84. The van der Waals surface area contributed by atoms with E-state index in [1.807, 2.05) is 0 Å². The van der Waals surface area contributed by atoms with Crippen molar-refractivity contribution in [2.75, 3.05) is 3.71 Å². The molecule has 3 aromatic carbocycles. The molecule has 230 valence electrons. The van der Waals surface area contributed by atoms with E-state index in [1.165, 1.54) is 55.5 Å². The number of hydrogen-bond acceptors (Lipinski definition) is 10. The molecule has 0 aliphatic heterocycles. The van der Waals surface area contributed by atoms with Gasteiger partial charge >= 0.3 is 17.9 Å².